The van der Waals surface area contributed by atoms with Crippen LogP contribution in [0.3, 0.4) is 0 Å². The zero-order chi connectivity index (χ0) is 23.4. The van der Waals surface area contributed by atoms with Crippen LogP contribution in [-0.4, -0.2) is 33.8 Å². The Hall–Kier alpha value is -3.43. The lowest BCUT2D eigenvalue weighted by atomic mass is 10.2. The molecular formula is C24H21N3O4S2. The molecule has 2 aromatic heterocycles. The Morgan fingerprint density at radius 2 is 1.94 bits per heavy atom. The maximum Gasteiger partial charge on any atom is 0.338 e. The second-order valence-corrected chi connectivity index (χ2v) is 9.00. The molecule has 9 heteroatoms. The molecule has 1 N–H and O–H groups in total. The number of hydrogen-bond donors (Lipinski definition) is 1. The SMILES string of the molecule is CCOC(=O)c1ccc(NC(=O)CSc2nc3ccsc3c(=O)n2-c2cccc(C)c2)cc1. The van der Waals surface area contributed by atoms with Gasteiger partial charge in [-0.05, 0) is 67.3 Å². The van der Waals surface area contributed by atoms with Gasteiger partial charge in [0.05, 0.1) is 29.1 Å². The van der Waals surface area contributed by atoms with Crippen LogP contribution in [0.4, 0.5) is 5.69 Å². The summed E-state index contributed by atoms with van der Waals surface area (Å²) in [6.45, 7) is 4.00. The maximum atomic E-state index is 13.2. The Kier molecular flexibility index (Phi) is 6.90. The summed E-state index contributed by atoms with van der Waals surface area (Å²) in [5.74, 6) is -0.595. The molecule has 0 atom stereocenters. The first kappa shape index (κ1) is 22.8. The molecule has 2 aromatic carbocycles. The molecule has 0 aliphatic carbocycles. The molecule has 0 unspecified atom stereocenters. The summed E-state index contributed by atoms with van der Waals surface area (Å²) < 4.78 is 7.09. The fraction of sp³-hybridized carbons (Fsp3) is 0.167. The van der Waals surface area contributed by atoms with Crippen LogP contribution >= 0.6 is 23.1 Å². The standard InChI is InChI=1S/C24H21N3O4S2/c1-3-31-23(30)16-7-9-17(10-8-16)25-20(28)14-33-24-26-19-11-12-32-21(19)22(29)27(24)18-6-4-5-15(2)13-18/h4-13H,3,14H2,1-2H3,(H,25,28). The zero-order valence-electron chi connectivity index (χ0n) is 18.0. The van der Waals surface area contributed by atoms with E-state index in [9.17, 15) is 14.4 Å². The van der Waals surface area contributed by atoms with Gasteiger partial charge in [-0.15, -0.1) is 11.3 Å². The number of nitrogens with zero attached hydrogens (tertiary/aromatic N) is 2. The lowest BCUT2D eigenvalue weighted by molar-refractivity contribution is -0.113. The first-order chi connectivity index (χ1) is 16.0. The Labute approximate surface area is 198 Å². The molecule has 0 fully saturated rings. The van der Waals surface area contributed by atoms with Crippen molar-refractivity contribution >= 4 is 50.9 Å². The van der Waals surface area contributed by atoms with Crippen LogP contribution in [0.15, 0.2) is 69.9 Å². The maximum absolute atomic E-state index is 13.2. The van der Waals surface area contributed by atoms with Gasteiger partial charge in [-0.3, -0.25) is 14.2 Å². The van der Waals surface area contributed by atoms with Gasteiger partial charge in [0.15, 0.2) is 5.16 Å². The van der Waals surface area contributed by atoms with E-state index >= 15 is 0 Å². The number of rotatable bonds is 7. The smallest absolute Gasteiger partial charge is 0.338 e. The minimum Gasteiger partial charge on any atom is -0.462 e. The van der Waals surface area contributed by atoms with Crippen molar-refractivity contribution in [1.29, 1.82) is 0 Å². The third kappa shape index (κ3) is 5.15. The van der Waals surface area contributed by atoms with E-state index in [-0.39, 0.29) is 17.2 Å². The van der Waals surface area contributed by atoms with Gasteiger partial charge in [0.25, 0.3) is 5.56 Å². The molecule has 2 heterocycles. The largest absolute Gasteiger partial charge is 0.462 e. The van der Waals surface area contributed by atoms with Crippen LogP contribution in [-0.2, 0) is 9.53 Å². The highest BCUT2D eigenvalue weighted by atomic mass is 32.2. The van der Waals surface area contributed by atoms with Crippen molar-refractivity contribution in [3.05, 3.63) is 81.5 Å². The van der Waals surface area contributed by atoms with E-state index in [1.54, 1.807) is 41.8 Å². The predicted octanol–water partition coefficient (Wildman–Crippen LogP) is 4.66. The van der Waals surface area contributed by atoms with Crippen molar-refractivity contribution in [2.45, 2.75) is 19.0 Å². The van der Waals surface area contributed by atoms with E-state index in [1.807, 2.05) is 36.6 Å². The fourth-order valence-electron chi connectivity index (χ4n) is 3.21. The number of aromatic nitrogens is 2. The number of anilines is 1. The minimum atomic E-state index is -0.407. The number of fused-ring (bicyclic) bond motifs is 1. The molecule has 4 rings (SSSR count). The summed E-state index contributed by atoms with van der Waals surface area (Å²) in [6, 6.07) is 15.9. The Bertz CT molecular complexity index is 1380. The van der Waals surface area contributed by atoms with Crippen LogP contribution < -0.4 is 10.9 Å². The van der Waals surface area contributed by atoms with Gasteiger partial charge < -0.3 is 10.1 Å². The molecule has 0 aliphatic heterocycles. The summed E-state index contributed by atoms with van der Waals surface area (Å²) in [6.07, 6.45) is 0. The summed E-state index contributed by atoms with van der Waals surface area (Å²) in [7, 11) is 0. The van der Waals surface area contributed by atoms with E-state index in [2.05, 4.69) is 10.3 Å². The first-order valence-electron chi connectivity index (χ1n) is 10.2. The van der Waals surface area contributed by atoms with Crippen LogP contribution in [0.1, 0.15) is 22.8 Å². The lowest BCUT2D eigenvalue weighted by Crippen LogP contribution is -2.22. The summed E-state index contributed by atoms with van der Waals surface area (Å²) in [5, 5.41) is 5.08. The Balaban J connectivity index is 1.53. The zero-order valence-corrected chi connectivity index (χ0v) is 19.7. The number of esters is 1. The monoisotopic (exact) mass is 479 g/mol. The number of thioether (sulfide) groups is 1. The van der Waals surface area contributed by atoms with Gasteiger partial charge in [0.1, 0.15) is 4.70 Å². The molecule has 1 amide bonds. The van der Waals surface area contributed by atoms with Gasteiger partial charge in [-0.2, -0.15) is 0 Å². The van der Waals surface area contributed by atoms with E-state index in [1.165, 1.54) is 23.1 Å². The van der Waals surface area contributed by atoms with Crippen molar-refractivity contribution in [3.63, 3.8) is 0 Å². The van der Waals surface area contributed by atoms with Crippen molar-refractivity contribution in [3.8, 4) is 5.69 Å². The first-order valence-corrected chi connectivity index (χ1v) is 12.1. The summed E-state index contributed by atoms with van der Waals surface area (Å²) in [4.78, 5) is 42.1. The lowest BCUT2D eigenvalue weighted by Gasteiger charge is -2.13. The number of nitrogens with one attached hydrogen (secondary N) is 1. The molecule has 0 saturated heterocycles. The van der Waals surface area contributed by atoms with Gasteiger partial charge >= 0.3 is 5.97 Å². The Morgan fingerprint density at radius 1 is 1.15 bits per heavy atom. The van der Waals surface area contributed by atoms with Gasteiger partial charge in [0, 0.05) is 5.69 Å². The fourth-order valence-corrected chi connectivity index (χ4v) is 4.79. The average molecular weight is 480 g/mol. The molecule has 0 radical (unpaired) electrons. The number of thiophene rings is 1. The van der Waals surface area contributed by atoms with Crippen LogP contribution in [0.5, 0.6) is 0 Å². The molecule has 0 saturated carbocycles. The molecule has 0 bridgehead atoms. The van der Waals surface area contributed by atoms with E-state index in [0.29, 0.717) is 38.9 Å². The molecule has 33 heavy (non-hydrogen) atoms. The molecule has 4 aromatic rings. The highest BCUT2D eigenvalue weighted by Gasteiger charge is 2.16. The average Bonchev–Trinajstić information content (AvgIpc) is 3.27. The normalized spacial score (nSPS) is 10.8. The summed E-state index contributed by atoms with van der Waals surface area (Å²) >= 11 is 2.54. The number of carbonyl (C=O) groups excluding carboxylic acids is 2. The van der Waals surface area contributed by atoms with E-state index in [0.717, 1.165) is 5.56 Å². The molecule has 7 nitrogen and oxygen atoms in total. The van der Waals surface area contributed by atoms with Gasteiger partial charge in [-0.25, -0.2) is 9.78 Å². The number of benzene rings is 2. The molecule has 0 spiro atoms. The number of ether oxygens (including phenoxy) is 1. The van der Waals surface area contributed by atoms with Gasteiger partial charge in [0.2, 0.25) is 5.91 Å². The number of hydrogen-bond acceptors (Lipinski definition) is 7. The van der Waals surface area contributed by atoms with E-state index < -0.39 is 5.97 Å². The predicted molar refractivity (Wildman–Crippen MR) is 132 cm³/mol. The number of amides is 1. The van der Waals surface area contributed by atoms with E-state index in [4.69, 9.17) is 4.74 Å². The van der Waals surface area contributed by atoms with Crippen molar-refractivity contribution in [2.24, 2.45) is 0 Å². The second-order valence-electron chi connectivity index (χ2n) is 7.14. The van der Waals surface area contributed by atoms with Crippen LogP contribution in [0, 0.1) is 6.92 Å². The quantitative estimate of drug-likeness (QED) is 0.235. The van der Waals surface area contributed by atoms with Crippen LogP contribution in [0.25, 0.3) is 15.9 Å². The second kappa shape index (κ2) is 10.0. The third-order valence-electron chi connectivity index (χ3n) is 4.72. The topological polar surface area (TPSA) is 90.3 Å². The number of carbonyl (C=O) groups is 2. The Morgan fingerprint density at radius 3 is 2.67 bits per heavy atom. The molecular weight excluding hydrogens is 458 g/mol. The number of aryl methyl sites for hydroxylation is 1. The third-order valence-corrected chi connectivity index (χ3v) is 6.55. The van der Waals surface area contributed by atoms with Gasteiger partial charge in [-0.1, -0.05) is 23.9 Å². The molecule has 0 aliphatic rings. The highest BCUT2D eigenvalue weighted by molar-refractivity contribution is 7.99. The summed E-state index contributed by atoms with van der Waals surface area (Å²) in [5.41, 5.74) is 3.17. The highest BCUT2D eigenvalue weighted by Crippen LogP contribution is 2.24. The van der Waals surface area contributed by atoms with Crippen molar-refractivity contribution in [1.82, 2.24) is 9.55 Å². The minimum absolute atomic E-state index is 0.0630. The van der Waals surface area contributed by atoms with Crippen LogP contribution in [0.2, 0.25) is 0 Å². The van der Waals surface area contributed by atoms with Crippen molar-refractivity contribution < 1.29 is 14.3 Å². The molecule has 168 valence electrons. The van der Waals surface area contributed by atoms with Crippen molar-refractivity contribution in [2.75, 3.05) is 17.7 Å².